The molecular weight excluding hydrogens is 462 g/mol. The Morgan fingerprint density at radius 2 is 1.92 bits per heavy atom. The molecule has 0 unspecified atom stereocenters. The summed E-state index contributed by atoms with van der Waals surface area (Å²) in [6.45, 7) is 1.41. The Kier molecular flexibility index (Phi) is 5.11. The molecule has 3 rings (SSSR count). The summed E-state index contributed by atoms with van der Waals surface area (Å²) in [5.74, 6) is 0.0525. The average Bonchev–Trinajstić information content (AvgIpc) is 2.85. The Balaban J connectivity index is 2.21. The predicted octanol–water partition coefficient (Wildman–Crippen LogP) is 4.55. The van der Waals surface area contributed by atoms with Crippen molar-refractivity contribution in [2.75, 3.05) is 13.9 Å². The van der Waals surface area contributed by atoms with Gasteiger partial charge in [-0.05, 0) is 53.3 Å². The zero-order valence-electron chi connectivity index (χ0n) is 14.2. The van der Waals surface area contributed by atoms with Crippen molar-refractivity contribution in [2.45, 2.75) is 13.1 Å². The Hall–Kier alpha value is -1.88. The number of alkyl halides is 3. The van der Waals surface area contributed by atoms with Crippen molar-refractivity contribution in [3.63, 3.8) is 0 Å². The van der Waals surface area contributed by atoms with E-state index in [0.717, 1.165) is 26.7 Å². The maximum atomic E-state index is 13.1. The third-order valence-corrected chi connectivity index (χ3v) is 4.69. The molecule has 0 bridgehead atoms. The van der Waals surface area contributed by atoms with E-state index in [1.807, 2.05) is 17.8 Å². The quantitative estimate of drug-likeness (QED) is 0.409. The molecule has 138 valence electrons. The van der Waals surface area contributed by atoms with Crippen molar-refractivity contribution in [1.82, 2.24) is 14.8 Å². The van der Waals surface area contributed by atoms with Crippen LogP contribution in [0.4, 0.5) is 13.2 Å². The lowest BCUT2D eigenvalue weighted by molar-refractivity contribution is -0.137. The summed E-state index contributed by atoms with van der Waals surface area (Å²) in [7, 11) is 3.27. The monoisotopic (exact) mass is 477 g/mol. The fourth-order valence-corrected chi connectivity index (χ4v) is 3.53. The lowest BCUT2D eigenvalue weighted by Gasteiger charge is -2.16. The van der Waals surface area contributed by atoms with E-state index < -0.39 is 11.7 Å². The van der Waals surface area contributed by atoms with Gasteiger partial charge < -0.3 is 14.0 Å². The Bertz CT molecular complexity index is 970. The summed E-state index contributed by atoms with van der Waals surface area (Å²) >= 11 is 2.16. The molecule has 0 radical (unpaired) electrons. The van der Waals surface area contributed by atoms with Crippen molar-refractivity contribution >= 4 is 33.6 Å². The third-order valence-electron chi connectivity index (χ3n) is 3.90. The second kappa shape index (κ2) is 7.03. The first kappa shape index (κ1) is 18.9. The number of benzene rings is 1. The van der Waals surface area contributed by atoms with Gasteiger partial charge in [0.2, 0.25) is 0 Å². The molecule has 0 saturated carbocycles. The normalized spacial score (nSPS) is 12.0. The highest BCUT2D eigenvalue weighted by molar-refractivity contribution is 14.1. The molecule has 1 aromatic carbocycles. The molecule has 3 aromatic rings. The Labute approximate surface area is 161 Å². The van der Waals surface area contributed by atoms with Gasteiger partial charge in [0.15, 0.2) is 6.79 Å². The maximum absolute atomic E-state index is 13.1. The fourth-order valence-electron chi connectivity index (χ4n) is 2.73. The number of fused-ring (bicyclic) bond motifs is 1. The number of ether oxygens (including phenoxy) is 2. The SMILES string of the molecule is COCOc1cc(C(F)(F)F)cc(C)c1-c1cc2c(nn1)c(I)cn2C. The van der Waals surface area contributed by atoms with Gasteiger partial charge in [0.1, 0.15) is 11.3 Å². The predicted molar refractivity (Wildman–Crippen MR) is 98.9 cm³/mol. The van der Waals surface area contributed by atoms with E-state index in [9.17, 15) is 13.2 Å². The number of halogens is 4. The first-order chi connectivity index (χ1) is 12.2. The smallest absolute Gasteiger partial charge is 0.416 e. The molecule has 0 fully saturated rings. The number of hydrogen-bond donors (Lipinski definition) is 0. The molecule has 0 saturated heterocycles. The van der Waals surface area contributed by atoms with Crippen LogP contribution in [0.5, 0.6) is 5.75 Å². The highest BCUT2D eigenvalue weighted by Crippen LogP contribution is 2.39. The van der Waals surface area contributed by atoms with Crippen LogP contribution in [-0.4, -0.2) is 28.7 Å². The van der Waals surface area contributed by atoms with E-state index in [1.54, 1.807) is 13.0 Å². The molecule has 0 aliphatic rings. The zero-order chi connectivity index (χ0) is 19.1. The molecular formula is C17H15F3IN3O2. The molecule has 0 N–H and O–H groups in total. The van der Waals surface area contributed by atoms with Crippen molar-refractivity contribution in [3.05, 3.63) is 39.1 Å². The molecule has 0 aliphatic carbocycles. The van der Waals surface area contributed by atoms with Crippen molar-refractivity contribution in [3.8, 4) is 17.0 Å². The van der Waals surface area contributed by atoms with Gasteiger partial charge in [0.25, 0.3) is 0 Å². The van der Waals surface area contributed by atoms with Crippen LogP contribution in [0.1, 0.15) is 11.1 Å². The van der Waals surface area contributed by atoms with Crippen LogP contribution in [0.2, 0.25) is 0 Å². The molecule has 2 aromatic heterocycles. The first-order valence-electron chi connectivity index (χ1n) is 7.54. The zero-order valence-corrected chi connectivity index (χ0v) is 16.3. The lowest BCUT2D eigenvalue weighted by atomic mass is 10.0. The van der Waals surface area contributed by atoms with Crippen molar-refractivity contribution < 1.29 is 22.6 Å². The second-order valence-electron chi connectivity index (χ2n) is 5.77. The number of nitrogens with zero attached hydrogens (tertiary/aromatic N) is 3. The van der Waals surface area contributed by atoms with E-state index in [1.165, 1.54) is 7.11 Å². The van der Waals surface area contributed by atoms with Gasteiger partial charge in [-0.15, -0.1) is 10.2 Å². The molecule has 26 heavy (non-hydrogen) atoms. The standard InChI is InChI=1S/C17H15F3IN3O2/c1-9-4-10(17(18,19)20)5-14(26-8-25-3)15(9)12-6-13-16(23-22-12)11(21)7-24(13)2/h4-7H,8H2,1-3H3. The summed E-state index contributed by atoms with van der Waals surface area (Å²) in [5.41, 5.74) is 2.07. The highest BCUT2D eigenvalue weighted by Gasteiger charge is 2.32. The van der Waals surface area contributed by atoms with Gasteiger partial charge in [-0.3, -0.25) is 0 Å². The summed E-state index contributed by atoms with van der Waals surface area (Å²) in [4.78, 5) is 0. The van der Waals surface area contributed by atoms with Crippen LogP contribution in [0.15, 0.2) is 24.4 Å². The number of hydrogen-bond acceptors (Lipinski definition) is 4. The van der Waals surface area contributed by atoms with E-state index in [4.69, 9.17) is 9.47 Å². The van der Waals surface area contributed by atoms with Gasteiger partial charge in [0.05, 0.1) is 20.3 Å². The molecule has 0 atom stereocenters. The van der Waals surface area contributed by atoms with E-state index in [-0.39, 0.29) is 12.5 Å². The second-order valence-corrected chi connectivity index (χ2v) is 6.93. The number of aromatic nitrogens is 3. The van der Waals surface area contributed by atoms with E-state index in [2.05, 4.69) is 32.8 Å². The van der Waals surface area contributed by atoms with Crippen LogP contribution in [0.25, 0.3) is 22.3 Å². The van der Waals surface area contributed by atoms with Crippen LogP contribution < -0.4 is 4.74 Å². The largest absolute Gasteiger partial charge is 0.467 e. The summed E-state index contributed by atoms with van der Waals surface area (Å²) in [5, 5.41) is 8.43. The minimum absolute atomic E-state index is 0.0525. The average molecular weight is 477 g/mol. The minimum Gasteiger partial charge on any atom is -0.467 e. The van der Waals surface area contributed by atoms with Gasteiger partial charge in [-0.1, -0.05) is 0 Å². The van der Waals surface area contributed by atoms with Crippen LogP contribution in [0, 0.1) is 10.5 Å². The molecule has 2 heterocycles. The lowest BCUT2D eigenvalue weighted by Crippen LogP contribution is -2.09. The molecule has 5 nitrogen and oxygen atoms in total. The number of rotatable bonds is 4. The summed E-state index contributed by atoms with van der Waals surface area (Å²) < 4.78 is 52.5. The first-order valence-corrected chi connectivity index (χ1v) is 8.62. The van der Waals surface area contributed by atoms with Gasteiger partial charge in [-0.25, -0.2) is 0 Å². The van der Waals surface area contributed by atoms with Gasteiger partial charge >= 0.3 is 6.18 Å². The van der Waals surface area contributed by atoms with Crippen LogP contribution >= 0.6 is 22.6 Å². The Morgan fingerprint density at radius 1 is 1.19 bits per heavy atom. The summed E-state index contributed by atoms with van der Waals surface area (Å²) in [6.07, 6.45) is -2.57. The van der Waals surface area contributed by atoms with Crippen LogP contribution in [0.3, 0.4) is 0 Å². The maximum Gasteiger partial charge on any atom is 0.416 e. The van der Waals surface area contributed by atoms with Gasteiger partial charge in [0, 0.05) is 25.9 Å². The van der Waals surface area contributed by atoms with Crippen molar-refractivity contribution in [2.24, 2.45) is 7.05 Å². The third kappa shape index (κ3) is 3.50. The molecule has 0 spiro atoms. The Morgan fingerprint density at radius 3 is 2.58 bits per heavy atom. The minimum atomic E-state index is -4.47. The highest BCUT2D eigenvalue weighted by atomic mass is 127. The molecule has 9 heteroatoms. The van der Waals surface area contributed by atoms with E-state index >= 15 is 0 Å². The molecule has 0 aliphatic heterocycles. The number of methoxy groups -OCH3 is 1. The van der Waals surface area contributed by atoms with Gasteiger partial charge in [-0.2, -0.15) is 13.2 Å². The van der Waals surface area contributed by atoms with E-state index in [0.29, 0.717) is 16.8 Å². The topological polar surface area (TPSA) is 49.2 Å². The number of aryl methyl sites for hydroxylation is 2. The van der Waals surface area contributed by atoms with Crippen molar-refractivity contribution in [1.29, 1.82) is 0 Å². The fraction of sp³-hybridized carbons (Fsp3) is 0.294. The summed E-state index contributed by atoms with van der Waals surface area (Å²) in [6, 6.07) is 3.83. The molecule has 0 amide bonds. The van der Waals surface area contributed by atoms with Crippen LogP contribution in [-0.2, 0) is 18.0 Å².